The summed E-state index contributed by atoms with van der Waals surface area (Å²) in [6.07, 6.45) is 1.17. The van der Waals surface area contributed by atoms with E-state index in [0.29, 0.717) is 5.69 Å². The Kier molecular flexibility index (Phi) is 3.11. The van der Waals surface area contributed by atoms with Crippen molar-refractivity contribution < 1.29 is 14.8 Å². The summed E-state index contributed by atoms with van der Waals surface area (Å²) in [5.74, 6) is -1.16. The van der Waals surface area contributed by atoms with Crippen LogP contribution in [0.5, 0.6) is 0 Å². The monoisotopic (exact) mass is 260 g/mol. The number of aromatic carboxylic acids is 1. The SMILES string of the molecule is O=C(O)c1ccc(=O)n(-c2ccc([N+](=O)[O-])cc2)c1. The average molecular weight is 260 g/mol. The van der Waals surface area contributed by atoms with Crippen LogP contribution < -0.4 is 5.56 Å². The number of carboxylic acid groups (broad SMARTS) is 1. The number of carbonyl (C=O) groups is 1. The normalized spacial score (nSPS) is 10.1. The minimum Gasteiger partial charge on any atom is -0.478 e. The topological polar surface area (TPSA) is 102 Å². The molecule has 0 radical (unpaired) electrons. The van der Waals surface area contributed by atoms with Crippen LogP contribution in [0.25, 0.3) is 5.69 Å². The summed E-state index contributed by atoms with van der Waals surface area (Å²) in [5, 5.41) is 19.4. The summed E-state index contributed by atoms with van der Waals surface area (Å²) in [7, 11) is 0. The highest BCUT2D eigenvalue weighted by molar-refractivity contribution is 5.87. The van der Waals surface area contributed by atoms with Crippen LogP contribution in [0.2, 0.25) is 0 Å². The molecule has 0 aliphatic heterocycles. The van der Waals surface area contributed by atoms with Crippen LogP contribution in [-0.4, -0.2) is 20.6 Å². The number of benzene rings is 1. The van der Waals surface area contributed by atoms with E-state index in [-0.39, 0.29) is 11.3 Å². The maximum Gasteiger partial charge on any atom is 0.337 e. The van der Waals surface area contributed by atoms with E-state index in [2.05, 4.69) is 0 Å². The smallest absolute Gasteiger partial charge is 0.337 e. The number of aromatic nitrogens is 1. The molecule has 0 unspecified atom stereocenters. The molecule has 7 heteroatoms. The van der Waals surface area contributed by atoms with E-state index in [0.717, 1.165) is 10.6 Å². The Morgan fingerprint density at radius 3 is 2.32 bits per heavy atom. The Balaban J connectivity index is 2.52. The molecule has 0 fully saturated rings. The largest absolute Gasteiger partial charge is 0.478 e. The first-order chi connectivity index (χ1) is 8.99. The lowest BCUT2D eigenvalue weighted by atomic mass is 10.2. The first-order valence-electron chi connectivity index (χ1n) is 5.20. The van der Waals surface area contributed by atoms with E-state index in [1.165, 1.54) is 36.5 Å². The standard InChI is InChI=1S/C12H8N2O5/c15-11-6-1-8(12(16)17)7-13(11)9-2-4-10(5-3-9)14(18)19/h1-7H,(H,16,17). The Morgan fingerprint density at radius 2 is 1.79 bits per heavy atom. The van der Waals surface area contributed by atoms with Gasteiger partial charge in [0.05, 0.1) is 10.5 Å². The van der Waals surface area contributed by atoms with Gasteiger partial charge in [0.15, 0.2) is 0 Å². The molecular formula is C12H8N2O5. The zero-order valence-electron chi connectivity index (χ0n) is 9.52. The van der Waals surface area contributed by atoms with E-state index in [9.17, 15) is 19.7 Å². The van der Waals surface area contributed by atoms with Gasteiger partial charge in [0, 0.05) is 30.1 Å². The van der Waals surface area contributed by atoms with Gasteiger partial charge in [-0.2, -0.15) is 0 Å². The highest BCUT2D eigenvalue weighted by Crippen LogP contribution is 2.14. The fourth-order valence-corrected chi connectivity index (χ4v) is 1.55. The van der Waals surface area contributed by atoms with Crippen molar-refractivity contribution in [3.05, 3.63) is 68.6 Å². The highest BCUT2D eigenvalue weighted by Gasteiger charge is 2.08. The molecule has 1 N–H and O–H groups in total. The lowest BCUT2D eigenvalue weighted by Gasteiger charge is -2.06. The van der Waals surface area contributed by atoms with E-state index in [1.54, 1.807) is 0 Å². The average Bonchev–Trinajstić information content (AvgIpc) is 2.39. The summed E-state index contributed by atoms with van der Waals surface area (Å²) in [6, 6.07) is 7.58. The summed E-state index contributed by atoms with van der Waals surface area (Å²) in [5.41, 5.74) is -0.207. The molecule has 0 aliphatic rings. The first-order valence-corrected chi connectivity index (χ1v) is 5.20. The molecule has 1 aromatic carbocycles. The molecule has 0 saturated heterocycles. The molecule has 0 saturated carbocycles. The molecule has 96 valence electrons. The lowest BCUT2D eigenvalue weighted by molar-refractivity contribution is -0.384. The predicted octanol–water partition coefficient (Wildman–Crippen LogP) is 1.44. The number of nitrogens with zero attached hydrogens (tertiary/aromatic N) is 2. The van der Waals surface area contributed by atoms with Crippen molar-refractivity contribution >= 4 is 11.7 Å². The molecule has 2 aromatic rings. The third-order valence-electron chi connectivity index (χ3n) is 2.50. The number of nitro groups is 1. The van der Waals surface area contributed by atoms with Crippen LogP contribution in [0.1, 0.15) is 10.4 Å². The highest BCUT2D eigenvalue weighted by atomic mass is 16.6. The number of pyridine rings is 1. The van der Waals surface area contributed by atoms with Gasteiger partial charge in [0.1, 0.15) is 0 Å². The van der Waals surface area contributed by atoms with Gasteiger partial charge < -0.3 is 5.11 Å². The van der Waals surface area contributed by atoms with Crippen LogP contribution in [0.3, 0.4) is 0 Å². The number of hydrogen-bond acceptors (Lipinski definition) is 4. The van der Waals surface area contributed by atoms with Crippen LogP contribution in [-0.2, 0) is 0 Å². The van der Waals surface area contributed by atoms with E-state index in [1.807, 2.05) is 0 Å². The maximum atomic E-state index is 11.6. The van der Waals surface area contributed by atoms with Crippen LogP contribution in [0.4, 0.5) is 5.69 Å². The number of carboxylic acids is 1. The summed E-state index contributed by atoms with van der Waals surface area (Å²) < 4.78 is 1.12. The lowest BCUT2D eigenvalue weighted by Crippen LogP contribution is -2.18. The van der Waals surface area contributed by atoms with Crippen molar-refractivity contribution in [2.75, 3.05) is 0 Å². The van der Waals surface area contributed by atoms with Crippen LogP contribution >= 0.6 is 0 Å². The fourth-order valence-electron chi connectivity index (χ4n) is 1.55. The molecule has 7 nitrogen and oxygen atoms in total. The maximum absolute atomic E-state index is 11.6. The summed E-state index contributed by atoms with van der Waals surface area (Å²) >= 11 is 0. The van der Waals surface area contributed by atoms with E-state index >= 15 is 0 Å². The van der Waals surface area contributed by atoms with Gasteiger partial charge in [0.2, 0.25) is 0 Å². The molecule has 0 bridgehead atoms. The zero-order valence-corrected chi connectivity index (χ0v) is 9.52. The van der Waals surface area contributed by atoms with Gasteiger partial charge in [-0.25, -0.2) is 4.79 Å². The second kappa shape index (κ2) is 4.73. The van der Waals surface area contributed by atoms with Crippen molar-refractivity contribution in [3.63, 3.8) is 0 Å². The fraction of sp³-hybridized carbons (Fsp3) is 0. The summed E-state index contributed by atoms with van der Waals surface area (Å²) in [6.45, 7) is 0. The van der Waals surface area contributed by atoms with Crippen molar-refractivity contribution in [3.8, 4) is 5.69 Å². The zero-order chi connectivity index (χ0) is 14.0. The Morgan fingerprint density at radius 1 is 1.16 bits per heavy atom. The third kappa shape index (κ3) is 2.49. The predicted molar refractivity (Wildman–Crippen MR) is 65.7 cm³/mol. The van der Waals surface area contributed by atoms with Crippen molar-refractivity contribution in [1.29, 1.82) is 0 Å². The van der Waals surface area contributed by atoms with Crippen LogP contribution in [0, 0.1) is 10.1 Å². The Bertz CT molecular complexity index is 703. The number of hydrogen-bond donors (Lipinski definition) is 1. The van der Waals surface area contributed by atoms with E-state index < -0.39 is 16.5 Å². The molecule has 0 atom stereocenters. The van der Waals surface area contributed by atoms with Gasteiger partial charge in [-0.05, 0) is 18.2 Å². The molecule has 1 heterocycles. The molecule has 19 heavy (non-hydrogen) atoms. The second-order valence-electron chi connectivity index (χ2n) is 3.70. The molecule has 0 amide bonds. The molecule has 0 aliphatic carbocycles. The van der Waals surface area contributed by atoms with Gasteiger partial charge in [-0.3, -0.25) is 19.5 Å². The number of nitro benzene ring substituents is 1. The quantitative estimate of drug-likeness (QED) is 0.664. The van der Waals surface area contributed by atoms with Crippen molar-refractivity contribution in [1.82, 2.24) is 4.57 Å². The minimum absolute atomic E-state index is 0.0436. The Labute approximate surface area is 106 Å². The number of rotatable bonds is 3. The molecule has 1 aromatic heterocycles. The van der Waals surface area contributed by atoms with Crippen molar-refractivity contribution in [2.45, 2.75) is 0 Å². The second-order valence-corrected chi connectivity index (χ2v) is 3.70. The van der Waals surface area contributed by atoms with Gasteiger partial charge >= 0.3 is 5.97 Å². The molecular weight excluding hydrogens is 252 g/mol. The van der Waals surface area contributed by atoms with Gasteiger partial charge in [0.25, 0.3) is 11.2 Å². The van der Waals surface area contributed by atoms with Gasteiger partial charge in [-0.1, -0.05) is 0 Å². The van der Waals surface area contributed by atoms with Crippen LogP contribution in [0.15, 0.2) is 47.4 Å². The molecule has 2 rings (SSSR count). The van der Waals surface area contributed by atoms with Gasteiger partial charge in [-0.15, -0.1) is 0 Å². The third-order valence-corrected chi connectivity index (χ3v) is 2.50. The van der Waals surface area contributed by atoms with Crippen molar-refractivity contribution in [2.24, 2.45) is 0 Å². The number of non-ortho nitro benzene ring substituents is 1. The first kappa shape index (κ1) is 12.5. The minimum atomic E-state index is -1.16. The van der Waals surface area contributed by atoms with E-state index in [4.69, 9.17) is 5.11 Å². The molecule has 0 spiro atoms. The summed E-state index contributed by atoms with van der Waals surface area (Å²) in [4.78, 5) is 32.4. The Hall–Kier alpha value is -2.96.